The van der Waals surface area contributed by atoms with E-state index in [-0.39, 0.29) is 17.3 Å². The molecule has 25 heavy (non-hydrogen) atoms. The number of ether oxygens (including phenoxy) is 1. The Balaban J connectivity index is 1.81. The summed E-state index contributed by atoms with van der Waals surface area (Å²) in [5.74, 6) is -0.703. The van der Waals surface area contributed by atoms with E-state index in [1.807, 2.05) is 0 Å². The molecule has 2 heterocycles. The summed E-state index contributed by atoms with van der Waals surface area (Å²) in [6, 6.07) is 6.95. The van der Waals surface area contributed by atoms with Crippen LogP contribution in [0.15, 0.2) is 42.7 Å². The van der Waals surface area contributed by atoms with Gasteiger partial charge in [-0.2, -0.15) is 5.10 Å². The van der Waals surface area contributed by atoms with Crippen molar-refractivity contribution in [2.45, 2.75) is 24.7 Å². The summed E-state index contributed by atoms with van der Waals surface area (Å²) >= 11 is 0. The van der Waals surface area contributed by atoms with Crippen LogP contribution in [0.2, 0.25) is 0 Å². The number of amides is 1. The summed E-state index contributed by atoms with van der Waals surface area (Å²) in [6.45, 7) is 1.29. The first-order chi connectivity index (χ1) is 11.9. The number of nitrogens with one attached hydrogen (secondary N) is 2. The lowest BCUT2D eigenvalue weighted by Gasteiger charge is -2.36. The number of alkyl halides is 3. The molecule has 1 saturated heterocycles. The third-order valence-corrected chi connectivity index (χ3v) is 4.12. The Kier molecular flexibility index (Phi) is 4.67. The molecule has 0 saturated carbocycles. The highest BCUT2D eigenvalue weighted by atomic mass is 19.4. The maximum atomic E-state index is 12.9. The molecule has 1 amide bonds. The number of anilines is 1. The molecule has 3 rings (SSSR count). The Morgan fingerprint density at radius 1 is 1.28 bits per heavy atom. The van der Waals surface area contributed by atoms with Crippen molar-refractivity contribution in [3.05, 3.63) is 42.7 Å². The number of benzene rings is 1. The van der Waals surface area contributed by atoms with Gasteiger partial charge in [-0.1, -0.05) is 6.07 Å². The lowest BCUT2D eigenvalue weighted by molar-refractivity contribution is -0.274. The first kappa shape index (κ1) is 17.3. The average molecular weight is 354 g/mol. The average Bonchev–Trinajstić information content (AvgIpc) is 3.09. The molecule has 1 aliphatic heterocycles. The largest absolute Gasteiger partial charge is 0.573 e. The van der Waals surface area contributed by atoms with Gasteiger partial charge in [0.25, 0.3) is 5.91 Å². The summed E-state index contributed by atoms with van der Waals surface area (Å²) in [5.41, 5.74) is -0.646. The van der Waals surface area contributed by atoms with E-state index in [0.29, 0.717) is 25.9 Å². The second kappa shape index (κ2) is 6.75. The van der Waals surface area contributed by atoms with Crippen molar-refractivity contribution in [2.75, 3.05) is 18.4 Å². The highest BCUT2D eigenvalue weighted by Crippen LogP contribution is 2.30. The molecular formula is C16H17F3N4O2. The number of nitrogens with zero attached hydrogens (tertiary/aromatic N) is 2. The van der Waals surface area contributed by atoms with E-state index in [9.17, 15) is 18.0 Å². The second-order valence-corrected chi connectivity index (χ2v) is 5.76. The SMILES string of the molecule is O=C(Nc1cccc(OC(F)(F)F)c1)C1(n2cccn2)CCNCC1. The number of halogens is 3. The van der Waals surface area contributed by atoms with Crippen LogP contribution in [-0.2, 0) is 10.3 Å². The fourth-order valence-corrected chi connectivity index (χ4v) is 2.94. The topological polar surface area (TPSA) is 68.2 Å². The molecule has 0 radical (unpaired) electrons. The molecule has 0 spiro atoms. The van der Waals surface area contributed by atoms with E-state index in [1.165, 1.54) is 18.2 Å². The van der Waals surface area contributed by atoms with Crippen LogP contribution in [0.5, 0.6) is 5.75 Å². The molecule has 1 aromatic carbocycles. The van der Waals surface area contributed by atoms with Crippen molar-refractivity contribution >= 4 is 11.6 Å². The van der Waals surface area contributed by atoms with Crippen molar-refractivity contribution in [1.82, 2.24) is 15.1 Å². The molecule has 9 heteroatoms. The van der Waals surface area contributed by atoms with Gasteiger partial charge in [0.05, 0.1) is 0 Å². The molecule has 2 N–H and O–H groups in total. The Morgan fingerprint density at radius 3 is 2.68 bits per heavy atom. The minimum Gasteiger partial charge on any atom is -0.406 e. The number of rotatable bonds is 4. The van der Waals surface area contributed by atoms with Crippen LogP contribution >= 0.6 is 0 Å². The van der Waals surface area contributed by atoms with Gasteiger partial charge in [0.2, 0.25) is 0 Å². The van der Waals surface area contributed by atoms with Crippen LogP contribution in [-0.4, -0.2) is 35.1 Å². The van der Waals surface area contributed by atoms with Gasteiger partial charge in [-0.3, -0.25) is 9.48 Å². The van der Waals surface area contributed by atoms with Crippen molar-refractivity contribution in [3.63, 3.8) is 0 Å². The summed E-state index contributed by atoms with van der Waals surface area (Å²) in [4.78, 5) is 12.9. The molecule has 134 valence electrons. The van der Waals surface area contributed by atoms with Crippen molar-refractivity contribution in [2.24, 2.45) is 0 Å². The summed E-state index contributed by atoms with van der Waals surface area (Å²) in [7, 11) is 0. The predicted octanol–water partition coefficient (Wildman–Crippen LogP) is 2.50. The first-order valence-corrected chi connectivity index (χ1v) is 7.77. The molecule has 0 bridgehead atoms. The maximum Gasteiger partial charge on any atom is 0.573 e. The van der Waals surface area contributed by atoms with E-state index in [0.717, 1.165) is 6.07 Å². The minimum atomic E-state index is -4.78. The standard InChI is InChI=1S/C16H17F3N4O2/c17-16(18,19)25-13-4-1-3-12(11-13)22-14(24)15(5-8-20-9-6-15)23-10-2-7-21-23/h1-4,7,10-11,20H,5-6,8-9H2,(H,22,24). The van der Waals surface area contributed by atoms with E-state index < -0.39 is 11.9 Å². The van der Waals surface area contributed by atoms with E-state index in [4.69, 9.17) is 0 Å². The Labute approximate surface area is 142 Å². The summed E-state index contributed by atoms with van der Waals surface area (Å²) in [5, 5.41) is 10.1. The van der Waals surface area contributed by atoms with Gasteiger partial charge in [-0.25, -0.2) is 0 Å². The van der Waals surface area contributed by atoms with Gasteiger partial charge in [0.15, 0.2) is 0 Å². The molecule has 6 nitrogen and oxygen atoms in total. The molecule has 0 aliphatic carbocycles. The van der Waals surface area contributed by atoms with Gasteiger partial charge in [0.1, 0.15) is 11.3 Å². The van der Waals surface area contributed by atoms with Gasteiger partial charge in [0, 0.05) is 24.1 Å². The lowest BCUT2D eigenvalue weighted by Crippen LogP contribution is -2.52. The molecule has 1 fully saturated rings. The molecule has 0 unspecified atom stereocenters. The highest BCUT2D eigenvalue weighted by Gasteiger charge is 2.42. The summed E-state index contributed by atoms with van der Waals surface area (Å²) in [6.07, 6.45) is -0.421. The fraction of sp³-hybridized carbons (Fsp3) is 0.375. The van der Waals surface area contributed by atoms with Crippen LogP contribution in [0, 0.1) is 0 Å². The highest BCUT2D eigenvalue weighted by molar-refractivity contribution is 5.96. The van der Waals surface area contributed by atoms with Gasteiger partial charge < -0.3 is 15.4 Å². The number of carbonyl (C=O) groups is 1. The fourth-order valence-electron chi connectivity index (χ4n) is 2.94. The molecular weight excluding hydrogens is 337 g/mol. The Hall–Kier alpha value is -2.55. The molecule has 0 atom stereocenters. The Morgan fingerprint density at radius 2 is 2.04 bits per heavy atom. The monoisotopic (exact) mass is 354 g/mol. The zero-order valence-electron chi connectivity index (χ0n) is 13.2. The zero-order valence-corrected chi connectivity index (χ0v) is 13.2. The van der Waals surface area contributed by atoms with E-state index in [2.05, 4.69) is 20.5 Å². The minimum absolute atomic E-state index is 0.233. The molecule has 1 aliphatic rings. The van der Waals surface area contributed by atoms with E-state index in [1.54, 1.807) is 23.1 Å². The van der Waals surface area contributed by atoms with E-state index >= 15 is 0 Å². The van der Waals surface area contributed by atoms with Crippen LogP contribution in [0.1, 0.15) is 12.8 Å². The van der Waals surface area contributed by atoms with Gasteiger partial charge >= 0.3 is 6.36 Å². The first-order valence-electron chi connectivity index (χ1n) is 7.77. The number of hydrogen-bond acceptors (Lipinski definition) is 4. The molecule has 2 aromatic rings. The number of hydrogen-bond donors (Lipinski definition) is 2. The van der Waals surface area contributed by atoms with Crippen molar-refractivity contribution < 1.29 is 22.7 Å². The number of carbonyl (C=O) groups excluding carboxylic acids is 1. The zero-order chi connectivity index (χ0) is 17.9. The van der Waals surface area contributed by atoms with Crippen molar-refractivity contribution in [3.8, 4) is 5.75 Å². The van der Waals surface area contributed by atoms with Crippen LogP contribution in [0.4, 0.5) is 18.9 Å². The Bertz CT molecular complexity index is 725. The van der Waals surface area contributed by atoms with Crippen LogP contribution in [0.3, 0.4) is 0 Å². The maximum absolute atomic E-state index is 12.9. The third kappa shape index (κ3) is 3.93. The predicted molar refractivity (Wildman–Crippen MR) is 84.1 cm³/mol. The third-order valence-electron chi connectivity index (χ3n) is 4.12. The normalized spacial score (nSPS) is 17.1. The number of piperidine rings is 1. The van der Waals surface area contributed by atoms with Crippen LogP contribution < -0.4 is 15.4 Å². The smallest absolute Gasteiger partial charge is 0.406 e. The lowest BCUT2D eigenvalue weighted by atomic mass is 9.87. The van der Waals surface area contributed by atoms with Gasteiger partial charge in [-0.15, -0.1) is 13.2 Å². The van der Waals surface area contributed by atoms with Gasteiger partial charge in [-0.05, 0) is 44.1 Å². The quantitative estimate of drug-likeness (QED) is 0.885. The number of aromatic nitrogens is 2. The molecule has 1 aromatic heterocycles. The van der Waals surface area contributed by atoms with Crippen LogP contribution in [0.25, 0.3) is 0 Å². The van der Waals surface area contributed by atoms with Crippen molar-refractivity contribution in [1.29, 1.82) is 0 Å². The summed E-state index contributed by atoms with van der Waals surface area (Å²) < 4.78 is 42.5. The second-order valence-electron chi connectivity index (χ2n) is 5.76.